The van der Waals surface area contributed by atoms with Crippen LogP contribution in [0.2, 0.25) is 0 Å². The van der Waals surface area contributed by atoms with Crippen LogP contribution in [0.3, 0.4) is 0 Å². The standard InChI is InChI=1S/C19H25N5O/c25-14-16-12-24(18-21-8-3-9-22-18)15-19(16)5-10-23(11-6-19)13-17-4-1-2-7-20-17/h1-4,7-9,16,25H,5-6,10-15H2. The first-order valence-electron chi connectivity index (χ1n) is 9.04. The molecule has 2 fully saturated rings. The molecule has 0 radical (unpaired) electrons. The molecule has 0 aromatic carbocycles. The van der Waals surface area contributed by atoms with Gasteiger partial charge in [-0.05, 0) is 49.5 Å². The fourth-order valence-corrected chi connectivity index (χ4v) is 4.34. The first-order valence-corrected chi connectivity index (χ1v) is 9.04. The molecular weight excluding hydrogens is 314 g/mol. The first kappa shape index (κ1) is 16.4. The van der Waals surface area contributed by atoms with E-state index < -0.39 is 0 Å². The molecule has 0 bridgehead atoms. The maximum atomic E-state index is 9.96. The molecule has 25 heavy (non-hydrogen) atoms. The number of pyridine rings is 1. The average molecular weight is 339 g/mol. The Morgan fingerprint density at radius 2 is 1.80 bits per heavy atom. The lowest BCUT2D eigenvalue weighted by molar-refractivity contribution is 0.0502. The normalized spacial score (nSPS) is 23.2. The van der Waals surface area contributed by atoms with Crippen LogP contribution in [0.15, 0.2) is 42.9 Å². The minimum atomic E-state index is 0.175. The maximum absolute atomic E-state index is 9.96. The number of hydrogen-bond donors (Lipinski definition) is 1. The lowest BCUT2D eigenvalue weighted by Crippen LogP contribution is -2.44. The van der Waals surface area contributed by atoms with Crippen molar-refractivity contribution in [1.29, 1.82) is 0 Å². The van der Waals surface area contributed by atoms with Crippen molar-refractivity contribution in [3.05, 3.63) is 48.5 Å². The van der Waals surface area contributed by atoms with Gasteiger partial charge in [-0.15, -0.1) is 0 Å². The van der Waals surface area contributed by atoms with E-state index in [1.165, 1.54) is 0 Å². The van der Waals surface area contributed by atoms with Crippen molar-refractivity contribution >= 4 is 5.95 Å². The van der Waals surface area contributed by atoms with Gasteiger partial charge < -0.3 is 10.0 Å². The minimum absolute atomic E-state index is 0.175. The Morgan fingerprint density at radius 1 is 1.04 bits per heavy atom. The van der Waals surface area contributed by atoms with Gasteiger partial charge in [0.1, 0.15) is 0 Å². The summed E-state index contributed by atoms with van der Waals surface area (Å²) in [5.74, 6) is 1.09. The molecular formula is C19H25N5O. The highest BCUT2D eigenvalue weighted by Crippen LogP contribution is 2.45. The molecule has 0 saturated carbocycles. The Labute approximate surface area is 148 Å². The number of aliphatic hydroxyl groups is 1. The minimum Gasteiger partial charge on any atom is -0.396 e. The van der Waals surface area contributed by atoms with E-state index in [0.29, 0.717) is 5.92 Å². The SMILES string of the molecule is OCC1CN(c2ncccn2)CC12CCN(Cc1ccccn1)CC2. The van der Waals surface area contributed by atoms with Gasteiger partial charge in [0, 0.05) is 50.7 Å². The number of hydrogen-bond acceptors (Lipinski definition) is 6. The van der Waals surface area contributed by atoms with E-state index in [1.54, 1.807) is 12.4 Å². The topological polar surface area (TPSA) is 65.4 Å². The Morgan fingerprint density at radius 3 is 2.48 bits per heavy atom. The third-order valence-electron chi connectivity index (χ3n) is 5.83. The number of nitrogens with zero attached hydrogens (tertiary/aromatic N) is 5. The van der Waals surface area contributed by atoms with Gasteiger partial charge in [-0.2, -0.15) is 0 Å². The molecule has 1 atom stereocenters. The van der Waals surface area contributed by atoms with Gasteiger partial charge in [-0.1, -0.05) is 6.07 Å². The average Bonchev–Trinajstić information content (AvgIpc) is 3.04. The maximum Gasteiger partial charge on any atom is 0.225 e. The van der Waals surface area contributed by atoms with Crippen LogP contribution >= 0.6 is 0 Å². The van der Waals surface area contributed by atoms with E-state index in [1.807, 2.05) is 24.4 Å². The van der Waals surface area contributed by atoms with E-state index in [4.69, 9.17) is 0 Å². The fraction of sp³-hybridized carbons (Fsp3) is 0.526. The Balaban J connectivity index is 1.42. The van der Waals surface area contributed by atoms with E-state index in [0.717, 1.165) is 57.2 Å². The summed E-state index contributed by atoms with van der Waals surface area (Å²) in [7, 11) is 0. The fourth-order valence-electron chi connectivity index (χ4n) is 4.34. The monoisotopic (exact) mass is 339 g/mol. The summed E-state index contributed by atoms with van der Waals surface area (Å²) in [5, 5.41) is 9.96. The molecule has 0 aliphatic carbocycles. The molecule has 132 valence electrons. The third kappa shape index (κ3) is 3.37. The van der Waals surface area contributed by atoms with E-state index in [2.05, 4.69) is 30.8 Å². The number of rotatable bonds is 4. The zero-order chi connectivity index (χ0) is 17.1. The molecule has 2 aromatic heterocycles. The summed E-state index contributed by atoms with van der Waals surface area (Å²) in [6.45, 7) is 5.04. The van der Waals surface area contributed by atoms with E-state index >= 15 is 0 Å². The summed E-state index contributed by atoms with van der Waals surface area (Å²) in [4.78, 5) is 17.9. The van der Waals surface area contributed by atoms with Gasteiger partial charge in [-0.3, -0.25) is 9.88 Å². The Hall–Kier alpha value is -2.05. The lowest BCUT2D eigenvalue weighted by atomic mass is 9.71. The van der Waals surface area contributed by atoms with Crippen molar-refractivity contribution in [2.24, 2.45) is 11.3 Å². The third-order valence-corrected chi connectivity index (χ3v) is 5.83. The van der Waals surface area contributed by atoms with Crippen LogP contribution in [0, 0.1) is 11.3 Å². The smallest absolute Gasteiger partial charge is 0.225 e. The highest BCUT2D eigenvalue weighted by Gasteiger charge is 2.48. The summed E-state index contributed by atoms with van der Waals surface area (Å²) in [6, 6.07) is 7.93. The second kappa shape index (κ2) is 7.06. The van der Waals surface area contributed by atoms with Crippen LogP contribution in [-0.4, -0.2) is 57.7 Å². The number of aliphatic hydroxyl groups excluding tert-OH is 1. The van der Waals surface area contributed by atoms with Crippen molar-refractivity contribution in [2.75, 3.05) is 37.7 Å². The summed E-state index contributed by atoms with van der Waals surface area (Å²) < 4.78 is 0. The number of anilines is 1. The molecule has 2 saturated heterocycles. The predicted octanol–water partition coefficient (Wildman–Crippen LogP) is 1.58. The number of aromatic nitrogens is 3. The van der Waals surface area contributed by atoms with Crippen molar-refractivity contribution in [2.45, 2.75) is 19.4 Å². The highest BCUT2D eigenvalue weighted by atomic mass is 16.3. The zero-order valence-electron chi connectivity index (χ0n) is 14.5. The largest absolute Gasteiger partial charge is 0.396 e. The van der Waals surface area contributed by atoms with Gasteiger partial charge in [0.25, 0.3) is 0 Å². The molecule has 1 N–H and O–H groups in total. The second-order valence-corrected chi connectivity index (χ2v) is 7.27. The van der Waals surface area contributed by atoms with Crippen LogP contribution in [0.5, 0.6) is 0 Å². The van der Waals surface area contributed by atoms with Crippen molar-refractivity contribution in [3.8, 4) is 0 Å². The highest BCUT2D eigenvalue weighted by molar-refractivity contribution is 5.33. The molecule has 4 rings (SSSR count). The van der Waals surface area contributed by atoms with Gasteiger partial charge >= 0.3 is 0 Å². The van der Waals surface area contributed by atoms with Crippen LogP contribution in [0.25, 0.3) is 0 Å². The molecule has 1 unspecified atom stereocenters. The Bertz CT molecular complexity index is 673. The molecule has 0 amide bonds. The molecule has 6 heteroatoms. The molecule has 6 nitrogen and oxygen atoms in total. The number of piperidine rings is 1. The van der Waals surface area contributed by atoms with Crippen molar-refractivity contribution in [3.63, 3.8) is 0 Å². The molecule has 1 spiro atoms. The molecule has 2 aliphatic rings. The molecule has 4 heterocycles. The molecule has 2 aromatic rings. The van der Waals surface area contributed by atoms with Crippen LogP contribution in [0.4, 0.5) is 5.95 Å². The van der Waals surface area contributed by atoms with E-state index in [9.17, 15) is 5.11 Å². The number of likely N-dealkylation sites (tertiary alicyclic amines) is 1. The second-order valence-electron chi connectivity index (χ2n) is 7.27. The Kier molecular flexibility index (Phi) is 4.63. The van der Waals surface area contributed by atoms with Crippen molar-refractivity contribution in [1.82, 2.24) is 19.9 Å². The predicted molar refractivity (Wildman–Crippen MR) is 96.0 cm³/mol. The van der Waals surface area contributed by atoms with E-state index in [-0.39, 0.29) is 12.0 Å². The van der Waals surface area contributed by atoms with Crippen molar-refractivity contribution < 1.29 is 5.11 Å². The summed E-state index contributed by atoms with van der Waals surface area (Å²) in [6.07, 6.45) is 7.65. The van der Waals surface area contributed by atoms with Gasteiger partial charge in [-0.25, -0.2) is 9.97 Å². The summed E-state index contributed by atoms with van der Waals surface area (Å²) in [5.41, 5.74) is 1.30. The first-order chi connectivity index (χ1) is 12.3. The lowest BCUT2D eigenvalue weighted by Gasteiger charge is -2.42. The van der Waals surface area contributed by atoms with Gasteiger partial charge in [0.15, 0.2) is 0 Å². The van der Waals surface area contributed by atoms with Crippen LogP contribution < -0.4 is 4.90 Å². The van der Waals surface area contributed by atoms with Gasteiger partial charge in [0.05, 0.1) is 5.69 Å². The van der Waals surface area contributed by atoms with Gasteiger partial charge in [0.2, 0.25) is 5.95 Å². The van der Waals surface area contributed by atoms with Crippen LogP contribution in [0.1, 0.15) is 18.5 Å². The summed E-state index contributed by atoms with van der Waals surface area (Å²) >= 11 is 0. The molecule has 2 aliphatic heterocycles. The quantitative estimate of drug-likeness (QED) is 0.912. The zero-order valence-corrected chi connectivity index (χ0v) is 14.5. The van der Waals surface area contributed by atoms with Crippen LogP contribution in [-0.2, 0) is 6.54 Å².